The van der Waals surface area contributed by atoms with Crippen LogP contribution in [0.25, 0.3) is 11.2 Å². The van der Waals surface area contributed by atoms with Gasteiger partial charge in [0.1, 0.15) is 24.6 Å². The van der Waals surface area contributed by atoms with Crippen molar-refractivity contribution >= 4 is 36.6 Å². The van der Waals surface area contributed by atoms with Crippen LogP contribution in [-0.2, 0) is 23.4 Å². The number of rotatable bonds is 12. The molecule has 1 aliphatic rings. The van der Waals surface area contributed by atoms with Crippen molar-refractivity contribution in [1.29, 1.82) is 0 Å². The molecule has 0 spiro atoms. The number of nitrogens with one attached hydrogen (secondary N) is 1. The third kappa shape index (κ3) is 7.13. The summed E-state index contributed by atoms with van der Waals surface area (Å²) in [5.74, 6) is -2.57. The van der Waals surface area contributed by atoms with Gasteiger partial charge in [0.05, 0.1) is 12.4 Å². The van der Waals surface area contributed by atoms with E-state index < -0.39 is 38.4 Å². The molecule has 1 saturated heterocycles. The Morgan fingerprint density at radius 1 is 1.32 bits per heavy atom. The van der Waals surface area contributed by atoms with Gasteiger partial charge >= 0.3 is 13.7 Å². The maximum Gasteiger partial charge on any atom is 0.459 e. The molecule has 15 heteroatoms. The van der Waals surface area contributed by atoms with Crippen molar-refractivity contribution < 1.29 is 32.3 Å². The van der Waals surface area contributed by atoms with Gasteiger partial charge in [-0.25, -0.2) is 13.9 Å². The van der Waals surface area contributed by atoms with Crippen LogP contribution < -0.4 is 20.2 Å². The van der Waals surface area contributed by atoms with Gasteiger partial charge in [-0.1, -0.05) is 25.1 Å². The fraction of sp³-hybridized carbons (Fsp3) is 0.538. The summed E-state index contributed by atoms with van der Waals surface area (Å²) < 4.78 is 53.7. The number of nitrogens with zero attached hydrogens (tertiary/aromatic N) is 5. The van der Waals surface area contributed by atoms with E-state index in [0.717, 1.165) is 0 Å². The number of benzene rings is 1. The summed E-state index contributed by atoms with van der Waals surface area (Å²) in [6, 6.07) is 7.15. The highest BCUT2D eigenvalue weighted by molar-refractivity contribution is 7.52. The number of aromatic nitrogens is 4. The summed E-state index contributed by atoms with van der Waals surface area (Å²) in [6.45, 7) is 8.52. The van der Waals surface area contributed by atoms with E-state index in [1.165, 1.54) is 13.3 Å². The second-order valence-electron chi connectivity index (χ2n) is 10.3. The van der Waals surface area contributed by atoms with Crippen LogP contribution in [0.1, 0.15) is 47.3 Å². The topological polar surface area (TPSA) is 156 Å². The van der Waals surface area contributed by atoms with E-state index in [1.807, 2.05) is 25.8 Å². The van der Waals surface area contributed by atoms with E-state index in [0.29, 0.717) is 23.5 Å². The standard InChI is InChI=1S/C26H37FN7O6P/c1-7-33(6)21-20-22(31-25(28)30-21)34(15-29-20)23-17(4)13-26(27,39-23)14-37-41(36,40-19-11-9-8-10-12-19)32-18(5)24(35)38-16(2)3/h8-12,15-18,23H,7,13-14H2,1-6H3,(H,32,36)(H2,28,30,31)/t17-,18-,23+,26-,41-/m0/s1. The predicted octanol–water partition coefficient (Wildman–Crippen LogP) is 4.22. The fourth-order valence-electron chi connectivity index (χ4n) is 4.42. The van der Waals surface area contributed by atoms with E-state index in [1.54, 1.807) is 48.7 Å². The van der Waals surface area contributed by atoms with Gasteiger partial charge in [-0.3, -0.25) is 13.9 Å². The summed E-state index contributed by atoms with van der Waals surface area (Å²) in [4.78, 5) is 27.3. The maximum absolute atomic E-state index is 16.1. The average Bonchev–Trinajstić information content (AvgIpc) is 3.46. The Morgan fingerprint density at radius 2 is 2.02 bits per heavy atom. The number of nitrogen functional groups attached to an aromatic ring is 1. The van der Waals surface area contributed by atoms with E-state index in [9.17, 15) is 9.36 Å². The molecule has 1 aliphatic heterocycles. The largest absolute Gasteiger partial charge is 0.462 e. The number of fused-ring (bicyclic) bond motifs is 1. The van der Waals surface area contributed by atoms with Gasteiger partial charge < -0.3 is 24.6 Å². The first-order valence-electron chi connectivity index (χ1n) is 13.4. The Bertz CT molecular complexity index is 1410. The number of carbonyl (C=O) groups excluding carboxylic acids is 1. The highest BCUT2D eigenvalue weighted by Gasteiger charge is 2.49. The first-order valence-corrected chi connectivity index (χ1v) is 14.9. The second-order valence-corrected chi connectivity index (χ2v) is 12.0. The Balaban J connectivity index is 1.54. The summed E-state index contributed by atoms with van der Waals surface area (Å²) in [5, 5.41) is 2.55. The van der Waals surface area contributed by atoms with Gasteiger partial charge in [0.2, 0.25) is 11.8 Å². The number of hydrogen-bond acceptors (Lipinski definition) is 11. The minimum atomic E-state index is -4.29. The lowest BCUT2D eigenvalue weighted by Gasteiger charge is -2.26. The Kier molecular flexibility index (Phi) is 9.17. The molecule has 4 rings (SSSR count). The second kappa shape index (κ2) is 12.3. The number of halogens is 1. The van der Waals surface area contributed by atoms with Crippen LogP contribution in [0.3, 0.4) is 0 Å². The Hall–Kier alpha value is -3.32. The van der Waals surface area contributed by atoms with E-state index in [4.69, 9.17) is 24.3 Å². The molecule has 0 unspecified atom stereocenters. The molecule has 3 heterocycles. The minimum Gasteiger partial charge on any atom is -0.462 e. The molecule has 2 aromatic heterocycles. The normalized spacial score (nSPS) is 22.9. The van der Waals surface area contributed by atoms with E-state index in [-0.39, 0.29) is 30.1 Å². The quantitative estimate of drug-likeness (QED) is 0.228. The van der Waals surface area contributed by atoms with Crippen molar-refractivity contribution in [1.82, 2.24) is 24.6 Å². The zero-order chi connectivity index (χ0) is 29.9. The summed E-state index contributed by atoms with van der Waals surface area (Å²) in [5.41, 5.74) is 6.86. The minimum absolute atomic E-state index is 0.0465. The zero-order valence-electron chi connectivity index (χ0n) is 24.0. The van der Waals surface area contributed by atoms with Gasteiger partial charge in [-0.2, -0.15) is 15.1 Å². The van der Waals surface area contributed by atoms with Crippen molar-refractivity contribution in [3.8, 4) is 5.75 Å². The maximum atomic E-state index is 16.1. The van der Waals surface area contributed by atoms with Gasteiger partial charge in [0.25, 0.3) is 0 Å². The van der Waals surface area contributed by atoms with Crippen LogP contribution in [0.4, 0.5) is 16.2 Å². The molecule has 1 fully saturated rings. The van der Waals surface area contributed by atoms with Gasteiger partial charge in [0, 0.05) is 25.9 Å². The third-order valence-corrected chi connectivity index (χ3v) is 8.08. The molecule has 0 amide bonds. The van der Waals surface area contributed by atoms with E-state index in [2.05, 4.69) is 20.0 Å². The van der Waals surface area contributed by atoms with Crippen LogP contribution in [0.15, 0.2) is 36.7 Å². The number of carbonyl (C=O) groups is 1. The molecule has 41 heavy (non-hydrogen) atoms. The van der Waals surface area contributed by atoms with Crippen molar-refractivity contribution in [2.45, 2.75) is 65.3 Å². The number of anilines is 2. The van der Waals surface area contributed by atoms with Crippen LogP contribution in [0.5, 0.6) is 5.75 Å². The molecule has 1 aromatic carbocycles. The third-order valence-electron chi connectivity index (χ3n) is 6.45. The monoisotopic (exact) mass is 593 g/mol. The molecule has 224 valence electrons. The predicted molar refractivity (Wildman–Crippen MR) is 151 cm³/mol. The highest BCUT2D eigenvalue weighted by Crippen LogP contribution is 2.49. The molecular weight excluding hydrogens is 556 g/mol. The Labute approximate surface area is 238 Å². The first kappa shape index (κ1) is 30.6. The Morgan fingerprint density at radius 3 is 2.68 bits per heavy atom. The number of alkyl halides is 1. The van der Waals surface area contributed by atoms with Crippen LogP contribution in [0.2, 0.25) is 0 Å². The molecule has 0 bridgehead atoms. The molecular formula is C26H37FN7O6P. The van der Waals surface area contributed by atoms with Gasteiger partial charge in [0.15, 0.2) is 17.0 Å². The fourth-order valence-corrected chi connectivity index (χ4v) is 5.94. The van der Waals surface area contributed by atoms with Crippen molar-refractivity contribution in [3.05, 3.63) is 36.7 Å². The van der Waals surface area contributed by atoms with Crippen LogP contribution >= 0.6 is 7.75 Å². The molecule has 3 N–H and O–H groups in total. The lowest BCUT2D eigenvalue weighted by Crippen LogP contribution is -2.37. The van der Waals surface area contributed by atoms with E-state index >= 15 is 4.39 Å². The number of imidazole rings is 1. The lowest BCUT2D eigenvalue weighted by molar-refractivity contribution is -0.173. The number of hydrogen-bond donors (Lipinski definition) is 2. The van der Waals surface area contributed by atoms with Gasteiger partial charge in [-0.05, 0) is 39.8 Å². The summed E-state index contributed by atoms with van der Waals surface area (Å²) in [7, 11) is -2.44. The summed E-state index contributed by atoms with van der Waals surface area (Å²) >= 11 is 0. The molecule has 13 nitrogen and oxygen atoms in total. The van der Waals surface area contributed by atoms with Crippen molar-refractivity contribution in [2.75, 3.05) is 30.8 Å². The number of nitrogens with two attached hydrogens (primary N) is 1. The molecule has 3 aromatic rings. The number of ether oxygens (including phenoxy) is 2. The number of para-hydroxylation sites is 1. The van der Waals surface area contributed by atoms with Crippen LogP contribution in [-0.4, -0.2) is 63.7 Å². The van der Waals surface area contributed by atoms with Crippen LogP contribution in [0, 0.1) is 5.92 Å². The number of esters is 1. The summed E-state index contributed by atoms with van der Waals surface area (Å²) in [6.07, 6.45) is 0.215. The molecule has 0 aliphatic carbocycles. The molecule has 0 radical (unpaired) electrons. The SMILES string of the molecule is CCN(C)c1nc(N)nc2c1ncn2[C@@H]1O[C@](F)(CO[P@@](=O)(N[C@@H](C)C(=O)OC(C)C)Oc2ccccc2)C[C@@H]1C. The van der Waals surface area contributed by atoms with Gasteiger partial charge in [-0.15, -0.1) is 0 Å². The first-order chi connectivity index (χ1) is 19.3. The smallest absolute Gasteiger partial charge is 0.459 e. The zero-order valence-corrected chi connectivity index (χ0v) is 24.9. The van der Waals surface area contributed by atoms with Crippen molar-refractivity contribution in [2.24, 2.45) is 5.92 Å². The lowest BCUT2D eigenvalue weighted by atomic mass is 10.1. The average molecular weight is 594 g/mol. The van der Waals surface area contributed by atoms with Crippen molar-refractivity contribution in [3.63, 3.8) is 0 Å². The molecule has 0 saturated carbocycles. The molecule has 5 atom stereocenters. The highest BCUT2D eigenvalue weighted by atomic mass is 31.2.